The van der Waals surface area contributed by atoms with E-state index in [4.69, 9.17) is 4.74 Å². The molecule has 0 atom stereocenters. The van der Waals surface area contributed by atoms with Crippen molar-refractivity contribution in [1.29, 1.82) is 0 Å². The van der Waals surface area contributed by atoms with Gasteiger partial charge >= 0.3 is 6.18 Å². The number of benzene rings is 2. The number of hydrogen-bond donors (Lipinski definition) is 3. The summed E-state index contributed by atoms with van der Waals surface area (Å²) < 4.78 is 43.0. The van der Waals surface area contributed by atoms with E-state index < -0.39 is 30.2 Å². The largest absolute Gasteiger partial charge is 0.484 e. The van der Waals surface area contributed by atoms with Crippen LogP contribution in [0, 0.1) is 0 Å². The zero-order valence-electron chi connectivity index (χ0n) is 14.5. The maximum Gasteiger partial charge on any atom is 0.416 e. The molecule has 1 heterocycles. The number of amides is 2. The molecule has 0 saturated heterocycles. The Hall–Kier alpha value is -3.49. The summed E-state index contributed by atoms with van der Waals surface area (Å²) in [5.41, 5.74) is 5.19. The molecule has 3 rings (SSSR count). The molecular weight excluding hydrogens is 375 g/mol. The van der Waals surface area contributed by atoms with E-state index in [1.165, 1.54) is 12.1 Å². The second-order valence-corrected chi connectivity index (χ2v) is 5.95. The minimum atomic E-state index is -4.50. The molecule has 0 spiro atoms. The van der Waals surface area contributed by atoms with Crippen molar-refractivity contribution in [3.05, 3.63) is 65.9 Å². The number of aromatic amines is 1. The summed E-state index contributed by atoms with van der Waals surface area (Å²) in [4.78, 5) is 26.8. The van der Waals surface area contributed by atoms with Crippen molar-refractivity contribution in [2.24, 2.45) is 0 Å². The van der Waals surface area contributed by atoms with E-state index in [1.54, 1.807) is 6.20 Å². The number of hydrazine groups is 1. The van der Waals surface area contributed by atoms with E-state index in [1.807, 2.05) is 24.3 Å². The maximum atomic E-state index is 12.6. The van der Waals surface area contributed by atoms with Gasteiger partial charge < -0.3 is 9.72 Å². The van der Waals surface area contributed by atoms with Crippen LogP contribution < -0.4 is 15.6 Å². The molecule has 146 valence electrons. The molecule has 1 aromatic heterocycles. The minimum absolute atomic E-state index is 0.0405. The molecule has 3 aromatic rings. The molecular formula is C19H16F3N3O3. The lowest BCUT2D eigenvalue weighted by Crippen LogP contribution is -2.44. The van der Waals surface area contributed by atoms with Gasteiger partial charge in [0.15, 0.2) is 6.61 Å². The topological polar surface area (TPSA) is 83.2 Å². The molecule has 2 amide bonds. The minimum Gasteiger partial charge on any atom is -0.484 e. The van der Waals surface area contributed by atoms with Crippen LogP contribution in [0.1, 0.15) is 11.1 Å². The molecule has 6 nitrogen and oxygen atoms in total. The first-order chi connectivity index (χ1) is 13.3. The van der Waals surface area contributed by atoms with E-state index in [-0.39, 0.29) is 12.2 Å². The van der Waals surface area contributed by atoms with E-state index >= 15 is 0 Å². The Morgan fingerprint density at radius 3 is 2.54 bits per heavy atom. The fourth-order valence-corrected chi connectivity index (χ4v) is 2.58. The van der Waals surface area contributed by atoms with Crippen LogP contribution in [0.4, 0.5) is 13.2 Å². The molecule has 0 bridgehead atoms. The van der Waals surface area contributed by atoms with Gasteiger partial charge in [-0.1, -0.05) is 24.3 Å². The smallest absolute Gasteiger partial charge is 0.416 e. The molecule has 2 aromatic carbocycles. The Labute approximate surface area is 157 Å². The zero-order chi connectivity index (χ0) is 20.1. The lowest BCUT2D eigenvalue weighted by molar-refractivity contribution is -0.137. The van der Waals surface area contributed by atoms with Crippen LogP contribution in [0.2, 0.25) is 0 Å². The number of ether oxygens (including phenoxy) is 1. The number of para-hydroxylation sites is 1. The normalized spacial score (nSPS) is 11.2. The third-order valence-corrected chi connectivity index (χ3v) is 3.90. The van der Waals surface area contributed by atoms with E-state index in [2.05, 4.69) is 15.8 Å². The van der Waals surface area contributed by atoms with Crippen molar-refractivity contribution in [3.63, 3.8) is 0 Å². The number of hydrogen-bond acceptors (Lipinski definition) is 3. The highest BCUT2D eigenvalue weighted by atomic mass is 19.4. The predicted octanol–water partition coefficient (Wildman–Crippen LogP) is 2.96. The standard InChI is InChI=1S/C19H16F3N3O3/c20-19(21,22)13-4-3-5-14(9-13)28-11-18(27)25-24-17(26)8-12-10-23-16-7-2-1-6-15(12)16/h1-7,9-10,23H,8,11H2,(H,24,26)(H,25,27). The van der Waals surface area contributed by atoms with E-state index in [0.717, 1.165) is 28.6 Å². The van der Waals surface area contributed by atoms with Crippen LogP contribution in [0.15, 0.2) is 54.7 Å². The molecule has 0 saturated carbocycles. The monoisotopic (exact) mass is 391 g/mol. The van der Waals surface area contributed by atoms with Gasteiger partial charge in [-0.2, -0.15) is 13.2 Å². The molecule has 0 aliphatic heterocycles. The van der Waals surface area contributed by atoms with Crippen molar-refractivity contribution in [2.75, 3.05) is 6.61 Å². The number of rotatable bonds is 5. The fraction of sp³-hybridized carbons (Fsp3) is 0.158. The molecule has 9 heteroatoms. The molecule has 3 N–H and O–H groups in total. The van der Waals surface area contributed by atoms with Gasteiger partial charge in [-0.25, -0.2) is 0 Å². The third-order valence-electron chi connectivity index (χ3n) is 3.90. The first kappa shape index (κ1) is 19.3. The zero-order valence-corrected chi connectivity index (χ0v) is 14.5. The second-order valence-electron chi connectivity index (χ2n) is 5.95. The Morgan fingerprint density at radius 1 is 1.00 bits per heavy atom. The molecule has 0 radical (unpaired) electrons. The third kappa shape index (κ3) is 4.81. The Morgan fingerprint density at radius 2 is 1.75 bits per heavy atom. The van der Waals surface area contributed by atoms with Crippen molar-refractivity contribution in [1.82, 2.24) is 15.8 Å². The van der Waals surface area contributed by atoms with Crippen molar-refractivity contribution in [3.8, 4) is 5.75 Å². The summed E-state index contributed by atoms with van der Waals surface area (Å²) in [6.07, 6.45) is -2.75. The number of aromatic nitrogens is 1. The van der Waals surface area contributed by atoms with Gasteiger partial charge in [0.1, 0.15) is 5.75 Å². The van der Waals surface area contributed by atoms with Gasteiger partial charge in [0.05, 0.1) is 12.0 Å². The van der Waals surface area contributed by atoms with Gasteiger partial charge in [-0.15, -0.1) is 0 Å². The van der Waals surface area contributed by atoms with Crippen LogP contribution in [0.5, 0.6) is 5.75 Å². The quantitative estimate of drug-likeness (QED) is 0.585. The molecule has 0 aliphatic rings. The van der Waals surface area contributed by atoms with Crippen molar-refractivity contribution >= 4 is 22.7 Å². The summed E-state index contributed by atoms with van der Waals surface area (Å²) in [5.74, 6) is -1.25. The molecule has 0 unspecified atom stereocenters. The Balaban J connectivity index is 1.47. The number of H-pyrrole nitrogens is 1. The summed E-state index contributed by atoms with van der Waals surface area (Å²) >= 11 is 0. The molecule has 0 fully saturated rings. The van der Waals surface area contributed by atoms with Gasteiger partial charge in [0.2, 0.25) is 5.91 Å². The number of alkyl halides is 3. The van der Waals surface area contributed by atoms with Crippen molar-refractivity contribution < 1.29 is 27.5 Å². The highest BCUT2D eigenvalue weighted by Crippen LogP contribution is 2.31. The maximum absolute atomic E-state index is 12.6. The van der Waals surface area contributed by atoms with Gasteiger partial charge in [-0.3, -0.25) is 20.4 Å². The number of carbonyl (C=O) groups is 2. The van der Waals surface area contributed by atoms with E-state index in [0.29, 0.717) is 0 Å². The predicted molar refractivity (Wildman–Crippen MR) is 95.2 cm³/mol. The first-order valence-corrected chi connectivity index (χ1v) is 8.25. The Bertz CT molecular complexity index is 998. The van der Waals surface area contributed by atoms with Crippen LogP contribution in [0.25, 0.3) is 10.9 Å². The van der Waals surface area contributed by atoms with Crippen molar-refractivity contribution in [2.45, 2.75) is 12.6 Å². The Kier molecular flexibility index (Phi) is 5.53. The average Bonchev–Trinajstić information content (AvgIpc) is 3.07. The highest BCUT2D eigenvalue weighted by molar-refractivity contribution is 5.89. The van der Waals surface area contributed by atoms with E-state index in [9.17, 15) is 22.8 Å². The van der Waals surface area contributed by atoms with Crippen LogP contribution in [-0.2, 0) is 22.2 Å². The lowest BCUT2D eigenvalue weighted by atomic mass is 10.1. The van der Waals surface area contributed by atoms with Crippen LogP contribution in [0.3, 0.4) is 0 Å². The number of nitrogens with one attached hydrogen (secondary N) is 3. The van der Waals surface area contributed by atoms with Gasteiger partial charge in [0, 0.05) is 17.1 Å². The second kappa shape index (κ2) is 8.03. The summed E-state index contributed by atoms with van der Waals surface area (Å²) in [5, 5.41) is 0.900. The van der Waals surface area contributed by atoms with Crippen LogP contribution >= 0.6 is 0 Å². The molecule has 28 heavy (non-hydrogen) atoms. The lowest BCUT2D eigenvalue weighted by Gasteiger charge is -2.11. The molecule has 0 aliphatic carbocycles. The first-order valence-electron chi connectivity index (χ1n) is 8.25. The summed E-state index contributed by atoms with van der Waals surface area (Å²) in [7, 11) is 0. The highest BCUT2D eigenvalue weighted by Gasteiger charge is 2.30. The van der Waals surface area contributed by atoms with Gasteiger partial charge in [-0.05, 0) is 29.8 Å². The average molecular weight is 391 g/mol. The summed E-state index contributed by atoms with van der Waals surface area (Å²) in [6, 6.07) is 11.6. The number of halogens is 3. The van der Waals surface area contributed by atoms with Crippen LogP contribution in [-0.4, -0.2) is 23.4 Å². The summed E-state index contributed by atoms with van der Waals surface area (Å²) in [6.45, 7) is -0.547. The number of carbonyl (C=O) groups excluding carboxylic acids is 2. The van der Waals surface area contributed by atoms with Gasteiger partial charge in [0.25, 0.3) is 5.91 Å². The number of fused-ring (bicyclic) bond motifs is 1. The SMILES string of the molecule is O=C(COc1cccc(C(F)(F)F)c1)NNC(=O)Cc1c[nH]c2ccccc12. The fourth-order valence-electron chi connectivity index (χ4n) is 2.58.